The molecule has 0 N–H and O–H groups in total. The topological polar surface area (TPSA) is 16.1 Å². The average molecular weight is 367 g/mol. The van der Waals surface area contributed by atoms with Crippen LogP contribution < -0.4 is 4.90 Å². The third-order valence-corrected chi connectivity index (χ3v) is 4.87. The van der Waals surface area contributed by atoms with Crippen LogP contribution in [0.25, 0.3) is 10.1 Å². The lowest BCUT2D eigenvalue weighted by molar-refractivity contribution is 0.425. The molecule has 0 atom stereocenters. The van der Waals surface area contributed by atoms with Crippen molar-refractivity contribution in [2.75, 3.05) is 11.4 Å². The van der Waals surface area contributed by atoms with Crippen molar-refractivity contribution in [1.82, 2.24) is 4.98 Å². The lowest BCUT2D eigenvalue weighted by Crippen LogP contribution is -2.28. The van der Waals surface area contributed by atoms with Gasteiger partial charge < -0.3 is 4.90 Å². The van der Waals surface area contributed by atoms with E-state index in [1.165, 1.54) is 11.1 Å². The van der Waals surface area contributed by atoms with Crippen LogP contribution in [-0.2, 0) is 0 Å². The summed E-state index contributed by atoms with van der Waals surface area (Å²) in [6.07, 6.45) is 3.68. The molecule has 0 fully saturated rings. The first-order valence-corrected chi connectivity index (χ1v) is 8.55. The molecule has 0 spiro atoms. The van der Waals surface area contributed by atoms with Crippen LogP contribution in [0.1, 0.15) is 20.8 Å². The van der Waals surface area contributed by atoms with Gasteiger partial charge in [-0.2, -0.15) is 0 Å². The number of nitrogens with zero attached hydrogens (tertiary/aromatic N) is 2. The highest BCUT2D eigenvalue weighted by molar-refractivity contribution is 7.18. The molecule has 0 aliphatic rings. The number of hydrogen-bond donors (Lipinski definition) is 0. The first-order valence-electron chi connectivity index (χ1n) is 7.29. The van der Waals surface area contributed by atoms with Gasteiger partial charge in [0.05, 0.1) is 15.4 Å². The molecular formula is C18H20Cl2N2S. The SMILES string of the molecule is CC(C)(C)CN(c1ccncc1)c1csc2c(Cl)cccc12.Cl. The summed E-state index contributed by atoms with van der Waals surface area (Å²) < 4.78 is 1.15. The van der Waals surface area contributed by atoms with Crippen LogP contribution in [0.2, 0.25) is 5.02 Å². The molecule has 2 heterocycles. The van der Waals surface area contributed by atoms with Crippen LogP contribution in [0.5, 0.6) is 0 Å². The minimum atomic E-state index is 0. The first kappa shape index (κ1) is 18.1. The van der Waals surface area contributed by atoms with Crippen molar-refractivity contribution in [3.05, 3.63) is 53.1 Å². The van der Waals surface area contributed by atoms with Crippen molar-refractivity contribution in [2.45, 2.75) is 20.8 Å². The molecule has 0 aliphatic carbocycles. The highest BCUT2D eigenvalue weighted by Crippen LogP contribution is 2.40. The van der Waals surface area contributed by atoms with E-state index in [1.807, 2.05) is 24.5 Å². The van der Waals surface area contributed by atoms with Gasteiger partial charge in [-0.15, -0.1) is 23.7 Å². The van der Waals surface area contributed by atoms with Crippen molar-refractivity contribution in [1.29, 1.82) is 0 Å². The Morgan fingerprint density at radius 2 is 1.83 bits per heavy atom. The molecule has 5 heteroatoms. The molecule has 3 aromatic rings. The summed E-state index contributed by atoms with van der Waals surface area (Å²) in [6.45, 7) is 7.68. The highest BCUT2D eigenvalue weighted by Gasteiger charge is 2.21. The number of anilines is 2. The molecule has 1 aromatic carbocycles. The van der Waals surface area contributed by atoms with Gasteiger partial charge >= 0.3 is 0 Å². The van der Waals surface area contributed by atoms with Crippen LogP contribution in [-0.4, -0.2) is 11.5 Å². The molecule has 0 unspecified atom stereocenters. The summed E-state index contributed by atoms with van der Waals surface area (Å²) in [4.78, 5) is 6.49. The maximum Gasteiger partial charge on any atom is 0.0600 e. The molecule has 23 heavy (non-hydrogen) atoms. The predicted octanol–water partition coefficient (Wildman–Crippen LogP) is 6.56. The fourth-order valence-electron chi connectivity index (χ4n) is 2.53. The highest BCUT2D eigenvalue weighted by atomic mass is 35.5. The maximum absolute atomic E-state index is 6.34. The van der Waals surface area contributed by atoms with Crippen LogP contribution in [0.15, 0.2) is 48.1 Å². The number of aromatic nitrogens is 1. The Balaban J connectivity index is 0.00000192. The molecule has 0 saturated carbocycles. The quantitative estimate of drug-likeness (QED) is 0.521. The molecule has 0 radical (unpaired) electrons. The molecule has 3 rings (SSSR count). The van der Waals surface area contributed by atoms with Gasteiger partial charge in [0.15, 0.2) is 0 Å². The van der Waals surface area contributed by atoms with E-state index in [4.69, 9.17) is 11.6 Å². The van der Waals surface area contributed by atoms with Crippen LogP contribution >= 0.6 is 35.3 Å². The third-order valence-electron chi connectivity index (χ3n) is 3.43. The first-order chi connectivity index (χ1) is 10.5. The van der Waals surface area contributed by atoms with Crippen molar-refractivity contribution in [3.63, 3.8) is 0 Å². The van der Waals surface area contributed by atoms with Gasteiger partial charge in [0.2, 0.25) is 0 Å². The molecule has 0 bridgehead atoms. The molecule has 0 amide bonds. The molecule has 2 nitrogen and oxygen atoms in total. The minimum absolute atomic E-state index is 0. The van der Waals surface area contributed by atoms with E-state index in [9.17, 15) is 0 Å². The number of halogens is 2. The van der Waals surface area contributed by atoms with Crippen molar-refractivity contribution < 1.29 is 0 Å². The van der Waals surface area contributed by atoms with E-state index in [0.717, 1.165) is 22.0 Å². The molecule has 122 valence electrons. The van der Waals surface area contributed by atoms with Gasteiger partial charge in [0.25, 0.3) is 0 Å². The largest absolute Gasteiger partial charge is 0.340 e. The number of hydrogen-bond acceptors (Lipinski definition) is 3. The lowest BCUT2D eigenvalue weighted by Gasteiger charge is -2.31. The van der Waals surface area contributed by atoms with Gasteiger partial charge in [-0.1, -0.05) is 44.5 Å². The summed E-state index contributed by atoms with van der Waals surface area (Å²) in [5.41, 5.74) is 2.55. The van der Waals surface area contributed by atoms with E-state index >= 15 is 0 Å². The Kier molecular flexibility index (Phi) is 5.56. The zero-order chi connectivity index (χ0) is 15.7. The van der Waals surface area contributed by atoms with Crippen LogP contribution in [0.3, 0.4) is 0 Å². The zero-order valence-corrected chi connectivity index (χ0v) is 15.8. The summed E-state index contributed by atoms with van der Waals surface area (Å²) >= 11 is 8.04. The van der Waals surface area contributed by atoms with Crippen LogP contribution in [0.4, 0.5) is 11.4 Å². The average Bonchev–Trinajstić information content (AvgIpc) is 2.90. The standard InChI is InChI=1S/C18H19ClN2S.ClH/c1-18(2,3)12-21(13-7-9-20-10-8-13)16-11-22-17-14(16)5-4-6-15(17)19;/h4-11H,12H2,1-3H3;1H. The van der Waals surface area contributed by atoms with Crippen molar-refractivity contribution in [3.8, 4) is 0 Å². The Hall–Kier alpha value is -1.29. The van der Waals surface area contributed by atoms with Gasteiger partial charge in [-0.05, 0) is 23.6 Å². The molecular weight excluding hydrogens is 347 g/mol. The van der Waals surface area contributed by atoms with E-state index in [-0.39, 0.29) is 17.8 Å². The summed E-state index contributed by atoms with van der Waals surface area (Å²) in [5.74, 6) is 0. The third kappa shape index (κ3) is 3.97. The fourth-order valence-corrected chi connectivity index (χ4v) is 3.80. The summed E-state index contributed by atoms with van der Waals surface area (Å²) in [7, 11) is 0. The summed E-state index contributed by atoms with van der Waals surface area (Å²) in [5, 5.41) is 4.22. The lowest BCUT2D eigenvalue weighted by atomic mass is 9.95. The predicted molar refractivity (Wildman–Crippen MR) is 105 cm³/mol. The monoisotopic (exact) mass is 366 g/mol. The number of fused-ring (bicyclic) bond motifs is 1. The normalized spacial score (nSPS) is 11.3. The summed E-state index contributed by atoms with van der Waals surface area (Å²) in [6, 6.07) is 10.2. The van der Waals surface area contributed by atoms with E-state index < -0.39 is 0 Å². The molecule has 2 aromatic heterocycles. The molecule has 0 saturated heterocycles. The number of thiophene rings is 1. The Bertz CT molecular complexity index is 779. The van der Waals surface area contributed by atoms with Gasteiger partial charge in [-0.25, -0.2) is 0 Å². The van der Waals surface area contributed by atoms with E-state index in [2.05, 4.69) is 54.2 Å². The Morgan fingerprint density at radius 3 is 2.48 bits per heavy atom. The zero-order valence-electron chi connectivity index (χ0n) is 13.4. The Labute approximate surface area is 152 Å². The fraction of sp³-hybridized carbons (Fsp3) is 0.278. The number of benzene rings is 1. The second kappa shape index (κ2) is 7.08. The van der Waals surface area contributed by atoms with Gasteiger partial charge in [0, 0.05) is 35.4 Å². The smallest absolute Gasteiger partial charge is 0.0600 e. The van der Waals surface area contributed by atoms with Crippen LogP contribution in [0, 0.1) is 5.41 Å². The second-order valence-corrected chi connectivity index (χ2v) is 7.88. The second-order valence-electron chi connectivity index (χ2n) is 6.59. The number of pyridine rings is 1. The number of rotatable bonds is 3. The van der Waals surface area contributed by atoms with Gasteiger partial charge in [0.1, 0.15) is 0 Å². The maximum atomic E-state index is 6.34. The van der Waals surface area contributed by atoms with Crippen molar-refractivity contribution >= 4 is 56.8 Å². The minimum Gasteiger partial charge on any atom is -0.340 e. The Morgan fingerprint density at radius 1 is 1.13 bits per heavy atom. The molecule has 0 aliphatic heterocycles. The van der Waals surface area contributed by atoms with E-state index in [1.54, 1.807) is 11.3 Å². The van der Waals surface area contributed by atoms with Crippen molar-refractivity contribution in [2.24, 2.45) is 5.41 Å². The van der Waals surface area contributed by atoms with Gasteiger partial charge in [-0.3, -0.25) is 4.98 Å². The van der Waals surface area contributed by atoms with E-state index in [0.29, 0.717) is 0 Å².